The van der Waals surface area contributed by atoms with Crippen LogP contribution in [0.5, 0.6) is 0 Å². The van der Waals surface area contributed by atoms with Crippen molar-refractivity contribution >= 4 is 49.8 Å². The van der Waals surface area contributed by atoms with Crippen LogP contribution in [0.2, 0.25) is 5.02 Å². The SMILES string of the molecule is Nc1cc2oc(-c3csc4ccccc34)nc2cc1Cl. The van der Waals surface area contributed by atoms with Gasteiger partial charge >= 0.3 is 0 Å². The van der Waals surface area contributed by atoms with E-state index in [-0.39, 0.29) is 0 Å². The molecule has 0 spiro atoms. The molecule has 4 aromatic rings. The summed E-state index contributed by atoms with van der Waals surface area (Å²) in [6.07, 6.45) is 0. The lowest BCUT2D eigenvalue weighted by atomic mass is 10.2. The highest BCUT2D eigenvalue weighted by Crippen LogP contribution is 2.36. The van der Waals surface area contributed by atoms with Gasteiger partial charge in [0.2, 0.25) is 5.89 Å². The van der Waals surface area contributed by atoms with Crippen LogP contribution in [0, 0.1) is 0 Å². The van der Waals surface area contributed by atoms with Crippen molar-refractivity contribution in [2.24, 2.45) is 0 Å². The first-order valence-corrected chi connectivity index (χ1v) is 7.30. The maximum atomic E-state index is 6.01. The fourth-order valence-electron chi connectivity index (χ4n) is 2.22. The predicted octanol–water partition coefficient (Wildman–Crippen LogP) is 4.95. The fraction of sp³-hybridized carbons (Fsp3) is 0. The number of aromatic nitrogens is 1. The van der Waals surface area contributed by atoms with Crippen LogP contribution in [0.3, 0.4) is 0 Å². The lowest BCUT2D eigenvalue weighted by Gasteiger charge is -1.94. The van der Waals surface area contributed by atoms with E-state index in [2.05, 4.69) is 22.5 Å². The molecule has 2 heterocycles. The third-order valence-corrected chi connectivity index (χ3v) is 4.51. The summed E-state index contributed by atoms with van der Waals surface area (Å²) < 4.78 is 7.02. The van der Waals surface area contributed by atoms with Crippen molar-refractivity contribution in [3.05, 3.63) is 46.8 Å². The number of benzene rings is 2. The summed E-state index contributed by atoms with van der Waals surface area (Å²) >= 11 is 7.69. The Labute approximate surface area is 123 Å². The molecule has 0 atom stereocenters. The van der Waals surface area contributed by atoms with Gasteiger partial charge in [-0.05, 0) is 12.1 Å². The van der Waals surface area contributed by atoms with E-state index < -0.39 is 0 Å². The number of oxazole rings is 1. The van der Waals surface area contributed by atoms with Crippen LogP contribution in [0.25, 0.3) is 32.6 Å². The molecule has 98 valence electrons. The minimum Gasteiger partial charge on any atom is -0.436 e. The molecule has 20 heavy (non-hydrogen) atoms. The zero-order valence-corrected chi connectivity index (χ0v) is 11.8. The number of nitrogens with two attached hydrogens (primary N) is 1. The maximum absolute atomic E-state index is 6.01. The molecule has 0 unspecified atom stereocenters. The van der Waals surface area contributed by atoms with Gasteiger partial charge in [0, 0.05) is 21.5 Å². The Morgan fingerprint density at radius 2 is 2.05 bits per heavy atom. The second kappa shape index (κ2) is 4.23. The van der Waals surface area contributed by atoms with Gasteiger partial charge in [-0.2, -0.15) is 0 Å². The lowest BCUT2D eigenvalue weighted by molar-refractivity contribution is 0.621. The van der Waals surface area contributed by atoms with Crippen molar-refractivity contribution in [3.8, 4) is 11.5 Å². The monoisotopic (exact) mass is 300 g/mol. The van der Waals surface area contributed by atoms with Crippen molar-refractivity contribution in [2.75, 3.05) is 5.73 Å². The highest BCUT2D eigenvalue weighted by molar-refractivity contribution is 7.17. The van der Waals surface area contributed by atoms with Gasteiger partial charge < -0.3 is 10.2 Å². The summed E-state index contributed by atoms with van der Waals surface area (Å²) in [6, 6.07) is 11.6. The minimum absolute atomic E-state index is 0.493. The van der Waals surface area contributed by atoms with Gasteiger partial charge in [0.1, 0.15) is 5.52 Å². The van der Waals surface area contributed by atoms with Crippen LogP contribution in [0.4, 0.5) is 5.69 Å². The van der Waals surface area contributed by atoms with Gasteiger partial charge in [-0.3, -0.25) is 0 Å². The van der Waals surface area contributed by atoms with Crippen LogP contribution in [-0.2, 0) is 0 Å². The summed E-state index contributed by atoms with van der Waals surface area (Å²) in [5.74, 6) is 0.596. The van der Waals surface area contributed by atoms with E-state index in [9.17, 15) is 0 Å². The maximum Gasteiger partial charge on any atom is 0.228 e. The molecule has 0 saturated heterocycles. The van der Waals surface area contributed by atoms with Crippen molar-refractivity contribution in [3.63, 3.8) is 0 Å². The number of nitrogen functional groups attached to an aromatic ring is 1. The van der Waals surface area contributed by atoms with Crippen LogP contribution in [0.15, 0.2) is 46.2 Å². The molecule has 0 aliphatic rings. The number of hydrogen-bond acceptors (Lipinski definition) is 4. The standard InChI is InChI=1S/C15H9ClN2OS/c16-10-5-12-13(6-11(10)17)19-15(18-12)9-7-20-14-4-2-1-3-8(9)14/h1-7H,17H2. The smallest absolute Gasteiger partial charge is 0.228 e. The summed E-state index contributed by atoms with van der Waals surface area (Å²) in [6.45, 7) is 0. The lowest BCUT2D eigenvalue weighted by Crippen LogP contribution is -1.84. The molecule has 0 aliphatic carbocycles. The third-order valence-electron chi connectivity index (χ3n) is 3.22. The molecular weight excluding hydrogens is 292 g/mol. The van der Waals surface area contributed by atoms with E-state index in [1.165, 1.54) is 4.70 Å². The van der Waals surface area contributed by atoms with E-state index in [1.54, 1.807) is 23.5 Å². The molecule has 2 aromatic heterocycles. The Morgan fingerprint density at radius 3 is 2.95 bits per heavy atom. The van der Waals surface area contributed by atoms with Gasteiger partial charge in [0.05, 0.1) is 16.3 Å². The number of nitrogens with zero attached hydrogens (tertiary/aromatic N) is 1. The number of halogens is 1. The van der Waals surface area contributed by atoms with Crippen LogP contribution >= 0.6 is 22.9 Å². The van der Waals surface area contributed by atoms with Gasteiger partial charge in [-0.25, -0.2) is 4.98 Å². The second-order valence-corrected chi connectivity index (χ2v) is 5.82. The van der Waals surface area contributed by atoms with Crippen molar-refractivity contribution in [2.45, 2.75) is 0 Å². The van der Waals surface area contributed by atoms with E-state index >= 15 is 0 Å². The van der Waals surface area contributed by atoms with Crippen molar-refractivity contribution in [1.29, 1.82) is 0 Å². The van der Waals surface area contributed by atoms with E-state index in [4.69, 9.17) is 21.8 Å². The first-order valence-electron chi connectivity index (χ1n) is 6.04. The Kier molecular flexibility index (Phi) is 2.49. The van der Waals surface area contributed by atoms with Crippen molar-refractivity contribution < 1.29 is 4.42 Å². The van der Waals surface area contributed by atoms with E-state index in [0.29, 0.717) is 22.2 Å². The predicted molar refractivity (Wildman–Crippen MR) is 84.3 cm³/mol. The largest absolute Gasteiger partial charge is 0.436 e. The number of thiophene rings is 1. The quantitative estimate of drug-likeness (QED) is 0.506. The van der Waals surface area contributed by atoms with Crippen LogP contribution in [0.1, 0.15) is 0 Å². The summed E-state index contributed by atoms with van der Waals surface area (Å²) in [5, 5.41) is 3.69. The van der Waals surface area contributed by atoms with E-state index in [0.717, 1.165) is 16.5 Å². The Morgan fingerprint density at radius 1 is 1.20 bits per heavy atom. The van der Waals surface area contributed by atoms with Gasteiger partial charge in [-0.15, -0.1) is 11.3 Å². The zero-order valence-electron chi connectivity index (χ0n) is 10.3. The molecule has 0 radical (unpaired) electrons. The number of fused-ring (bicyclic) bond motifs is 2. The molecule has 2 aromatic carbocycles. The molecule has 4 rings (SSSR count). The number of rotatable bonds is 1. The topological polar surface area (TPSA) is 52.0 Å². The highest BCUT2D eigenvalue weighted by Gasteiger charge is 2.14. The Bertz CT molecular complexity index is 903. The zero-order chi connectivity index (χ0) is 13.7. The molecule has 0 saturated carbocycles. The molecule has 0 bridgehead atoms. The third kappa shape index (κ3) is 1.69. The number of anilines is 1. The van der Waals surface area contributed by atoms with Gasteiger partial charge in [-0.1, -0.05) is 29.8 Å². The molecule has 5 heteroatoms. The summed E-state index contributed by atoms with van der Waals surface area (Å²) in [4.78, 5) is 4.51. The summed E-state index contributed by atoms with van der Waals surface area (Å²) in [7, 11) is 0. The van der Waals surface area contributed by atoms with E-state index in [1.807, 2.05) is 12.1 Å². The molecule has 0 aliphatic heterocycles. The van der Waals surface area contributed by atoms with Gasteiger partial charge in [0.15, 0.2) is 5.58 Å². The summed E-state index contributed by atoms with van der Waals surface area (Å²) in [5.41, 5.74) is 8.65. The van der Waals surface area contributed by atoms with Gasteiger partial charge in [0.25, 0.3) is 0 Å². The first-order chi connectivity index (χ1) is 9.72. The Hall–Kier alpha value is -2.04. The van der Waals surface area contributed by atoms with Crippen molar-refractivity contribution in [1.82, 2.24) is 4.98 Å². The normalized spacial score (nSPS) is 11.4. The fourth-order valence-corrected chi connectivity index (χ4v) is 3.32. The second-order valence-electron chi connectivity index (χ2n) is 4.51. The van der Waals surface area contributed by atoms with Crippen LogP contribution in [-0.4, -0.2) is 4.98 Å². The molecule has 3 nitrogen and oxygen atoms in total. The average Bonchev–Trinajstić information content (AvgIpc) is 3.02. The number of hydrogen-bond donors (Lipinski definition) is 1. The van der Waals surface area contributed by atoms with Crippen LogP contribution < -0.4 is 5.73 Å². The highest BCUT2D eigenvalue weighted by atomic mass is 35.5. The molecule has 0 amide bonds. The Balaban J connectivity index is 1.98. The molecule has 2 N–H and O–H groups in total. The molecular formula is C15H9ClN2OS. The minimum atomic E-state index is 0.493. The first kappa shape index (κ1) is 11.8. The average molecular weight is 301 g/mol. The molecule has 0 fully saturated rings.